The topological polar surface area (TPSA) is 35.6 Å². The average Bonchev–Trinajstić information content (AvgIpc) is 2.49. The van der Waals surface area contributed by atoms with Gasteiger partial charge in [-0.25, -0.2) is 0 Å². The highest BCUT2D eigenvalue weighted by molar-refractivity contribution is 9.10. The minimum Gasteiger partial charge on any atom is -0.340 e. The quantitative estimate of drug-likeness (QED) is 0.900. The van der Waals surface area contributed by atoms with Gasteiger partial charge in [-0.15, -0.1) is 0 Å². The maximum atomic E-state index is 12.8. The zero-order valence-corrected chi connectivity index (χ0v) is 14.6. The van der Waals surface area contributed by atoms with Crippen molar-refractivity contribution in [3.63, 3.8) is 0 Å². The summed E-state index contributed by atoms with van der Waals surface area (Å²) in [6.07, 6.45) is 0. The lowest BCUT2D eigenvalue weighted by Gasteiger charge is -2.41. The van der Waals surface area contributed by atoms with Crippen LogP contribution in [0.2, 0.25) is 0 Å². The SMILES string of the molecule is CN(Cc1ccc(Br)cc1)C(=O)C(C)(C)N1CCNCC1. The summed E-state index contributed by atoms with van der Waals surface area (Å²) in [4.78, 5) is 16.9. The Kier molecular flexibility index (Phi) is 5.41. The molecule has 0 aromatic heterocycles. The molecule has 1 fully saturated rings. The summed E-state index contributed by atoms with van der Waals surface area (Å²) in [5.41, 5.74) is 0.691. The Labute approximate surface area is 135 Å². The van der Waals surface area contributed by atoms with Gasteiger partial charge in [0.15, 0.2) is 0 Å². The van der Waals surface area contributed by atoms with E-state index in [1.54, 1.807) is 0 Å². The molecule has 0 aliphatic carbocycles. The van der Waals surface area contributed by atoms with E-state index < -0.39 is 5.54 Å². The summed E-state index contributed by atoms with van der Waals surface area (Å²) >= 11 is 3.43. The Balaban J connectivity index is 2.01. The van der Waals surface area contributed by atoms with Crippen LogP contribution in [-0.4, -0.2) is 54.5 Å². The molecule has 0 atom stereocenters. The fraction of sp³-hybridized carbons (Fsp3) is 0.562. The summed E-state index contributed by atoms with van der Waals surface area (Å²) in [5, 5.41) is 3.33. The largest absolute Gasteiger partial charge is 0.340 e. The van der Waals surface area contributed by atoms with E-state index in [4.69, 9.17) is 0 Å². The van der Waals surface area contributed by atoms with Crippen LogP contribution in [0.4, 0.5) is 0 Å². The Bertz CT molecular complexity index is 481. The predicted molar refractivity (Wildman–Crippen MR) is 89.1 cm³/mol. The molecule has 0 spiro atoms. The highest BCUT2D eigenvalue weighted by Crippen LogP contribution is 2.19. The van der Waals surface area contributed by atoms with Gasteiger partial charge in [0.05, 0.1) is 5.54 Å². The molecule has 1 N–H and O–H groups in total. The van der Waals surface area contributed by atoms with E-state index in [2.05, 4.69) is 26.1 Å². The smallest absolute Gasteiger partial charge is 0.242 e. The van der Waals surface area contributed by atoms with Gasteiger partial charge in [-0.2, -0.15) is 0 Å². The number of carbonyl (C=O) groups excluding carboxylic acids is 1. The molecular weight excluding hydrogens is 330 g/mol. The van der Waals surface area contributed by atoms with Crippen molar-refractivity contribution >= 4 is 21.8 Å². The lowest BCUT2D eigenvalue weighted by Crippen LogP contribution is -2.60. The minimum absolute atomic E-state index is 0.173. The summed E-state index contributed by atoms with van der Waals surface area (Å²) in [5.74, 6) is 0.173. The fourth-order valence-electron chi connectivity index (χ4n) is 2.76. The van der Waals surface area contributed by atoms with Crippen molar-refractivity contribution in [2.45, 2.75) is 25.9 Å². The molecule has 1 heterocycles. The van der Waals surface area contributed by atoms with Crippen molar-refractivity contribution in [3.8, 4) is 0 Å². The van der Waals surface area contributed by atoms with Gasteiger partial charge in [-0.05, 0) is 31.5 Å². The molecule has 1 aromatic carbocycles. The van der Waals surface area contributed by atoms with Crippen molar-refractivity contribution in [1.29, 1.82) is 0 Å². The van der Waals surface area contributed by atoms with Crippen LogP contribution < -0.4 is 5.32 Å². The second kappa shape index (κ2) is 6.90. The van der Waals surface area contributed by atoms with E-state index in [0.717, 1.165) is 36.2 Å². The van der Waals surface area contributed by atoms with Crippen LogP contribution in [0.15, 0.2) is 28.7 Å². The second-order valence-electron chi connectivity index (χ2n) is 6.08. The molecule has 0 unspecified atom stereocenters. The van der Waals surface area contributed by atoms with Gasteiger partial charge in [-0.1, -0.05) is 28.1 Å². The molecule has 0 saturated carbocycles. The molecule has 1 saturated heterocycles. The highest BCUT2D eigenvalue weighted by atomic mass is 79.9. The molecule has 5 heteroatoms. The van der Waals surface area contributed by atoms with E-state index in [1.165, 1.54) is 0 Å². The van der Waals surface area contributed by atoms with Gasteiger partial charge in [0.1, 0.15) is 0 Å². The van der Waals surface area contributed by atoms with E-state index in [-0.39, 0.29) is 5.91 Å². The second-order valence-corrected chi connectivity index (χ2v) is 7.00. The van der Waals surface area contributed by atoms with Gasteiger partial charge < -0.3 is 10.2 Å². The molecule has 2 rings (SSSR count). The third-order valence-corrected chi connectivity index (χ3v) is 4.64. The Morgan fingerprint density at radius 2 is 1.86 bits per heavy atom. The number of amides is 1. The summed E-state index contributed by atoms with van der Waals surface area (Å²) in [7, 11) is 1.88. The molecule has 1 amide bonds. The molecule has 21 heavy (non-hydrogen) atoms. The third-order valence-electron chi connectivity index (χ3n) is 4.11. The number of rotatable bonds is 4. The van der Waals surface area contributed by atoms with Crippen LogP contribution in [0.5, 0.6) is 0 Å². The number of halogens is 1. The first-order valence-corrected chi connectivity index (χ1v) is 8.16. The van der Waals surface area contributed by atoms with Crippen molar-refractivity contribution < 1.29 is 4.79 Å². The molecule has 116 valence electrons. The molecule has 4 nitrogen and oxygen atoms in total. The summed E-state index contributed by atoms with van der Waals surface area (Å²) < 4.78 is 1.06. The van der Waals surface area contributed by atoms with Crippen LogP contribution in [0.1, 0.15) is 19.4 Å². The van der Waals surface area contributed by atoms with Crippen LogP contribution in [0.3, 0.4) is 0 Å². The zero-order valence-electron chi connectivity index (χ0n) is 13.0. The number of likely N-dealkylation sites (N-methyl/N-ethyl adjacent to an activating group) is 1. The van der Waals surface area contributed by atoms with Crippen molar-refractivity contribution in [2.24, 2.45) is 0 Å². The van der Waals surface area contributed by atoms with Crippen molar-refractivity contribution in [1.82, 2.24) is 15.1 Å². The number of hydrogen-bond acceptors (Lipinski definition) is 3. The average molecular weight is 354 g/mol. The van der Waals surface area contributed by atoms with Gasteiger partial charge in [0.2, 0.25) is 5.91 Å². The van der Waals surface area contributed by atoms with E-state index in [0.29, 0.717) is 6.54 Å². The zero-order chi connectivity index (χ0) is 15.5. The summed E-state index contributed by atoms with van der Waals surface area (Å²) in [6, 6.07) is 8.11. The molecule has 0 radical (unpaired) electrons. The van der Waals surface area contributed by atoms with Crippen LogP contribution in [0.25, 0.3) is 0 Å². The third kappa shape index (κ3) is 4.05. The number of benzene rings is 1. The number of piperazine rings is 1. The molecular formula is C16H24BrN3O. The first-order valence-electron chi connectivity index (χ1n) is 7.37. The van der Waals surface area contributed by atoms with Crippen LogP contribution in [-0.2, 0) is 11.3 Å². The number of hydrogen-bond donors (Lipinski definition) is 1. The standard InChI is InChI=1S/C16H24BrN3O/c1-16(2,20-10-8-18-9-11-20)15(21)19(3)12-13-4-6-14(17)7-5-13/h4-7,18H,8-12H2,1-3H3. The highest BCUT2D eigenvalue weighted by Gasteiger charge is 2.36. The van der Waals surface area contributed by atoms with Crippen LogP contribution >= 0.6 is 15.9 Å². The lowest BCUT2D eigenvalue weighted by molar-refractivity contribution is -0.142. The first-order chi connectivity index (χ1) is 9.91. The lowest BCUT2D eigenvalue weighted by atomic mass is 9.99. The normalized spacial score (nSPS) is 16.8. The Hall–Kier alpha value is -0.910. The van der Waals surface area contributed by atoms with Gasteiger partial charge in [-0.3, -0.25) is 9.69 Å². The fourth-order valence-corrected chi connectivity index (χ4v) is 3.03. The van der Waals surface area contributed by atoms with E-state index in [9.17, 15) is 4.79 Å². The minimum atomic E-state index is -0.452. The first kappa shape index (κ1) is 16.5. The maximum absolute atomic E-state index is 12.8. The summed E-state index contributed by atoms with van der Waals surface area (Å²) in [6.45, 7) is 8.44. The maximum Gasteiger partial charge on any atom is 0.242 e. The number of carbonyl (C=O) groups is 1. The number of nitrogens with one attached hydrogen (secondary N) is 1. The monoisotopic (exact) mass is 353 g/mol. The van der Waals surface area contributed by atoms with Crippen molar-refractivity contribution in [3.05, 3.63) is 34.3 Å². The van der Waals surface area contributed by atoms with E-state index >= 15 is 0 Å². The Morgan fingerprint density at radius 3 is 2.43 bits per heavy atom. The van der Waals surface area contributed by atoms with Gasteiger partial charge in [0.25, 0.3) is 0 Å². The van der Waals surface area contributed by atoms with Crippen LogP contribution in [0, 0.1) is 0 Å². The Morgan fingerprint density at radius 1 is 1.29 bits per heavy atom. The van der Waals surface area contributed by atoms with E-state index in [1.807, 2.05) is 50.1 Å². The van der Waals surface area contributed by atoms with Crippen molar-refractivity contribution in [2.75, 3.05) is 33.2 Å². The predicted octanol–water partition coefficient (Wildman–Crippen LogP) is 2.09. The van der Waals surface area contributed by atoms with Gasteiger partial charge >= 0.3 is 0 Å². The number of nitrogens with zero attached hydrogens (tertiary/aromatic N) is 2. The molecule has 1 aromatic rings. The molecule has 1 aliphatic rings. The molecule has 0 bridgehead atoms. The molecule has 1 aliphatic heterocycles. The van der Waals surface area contributed by atoms with Gasteiger partial charge in [0, 0.05) is 44.2 Å².